The first-order valence-electron chi connectivity index (χ1n) is 8.88. The summed E-state index contributed by atoms with van der Waals surface area (Å²) in [6.07, 6.45) is 0.741. The van der Waals surface area contributed by atoms with Crippen LogP contribution in [0.1, 0.15) is 36.2 Å². The summed E-state index contributed by atoms with van der Waals surface area (Å²) in [5.74, 6) is -0.505. The van der Waals surface area contributed by atoms with Crippen molar-refractivity contribution in [1.29, 1.82) is 0 Å². The van der Waals surface area contributed by atoms with Gasteiger partial charge >= 0.3 is 5.97 Å². The molecule has 0 fully saturated rings. The zero-order valence-corrected chi connectivity index (χ0v) is 16.1. The number of benzene rings is 2. The Bertz CT molecular complexity index is 909. The van der Waals surface area contributed by atoms with E-state index in [2.05, 4.69) is 10.5 Å². The molecule has 0 atom stereocenters. The molecule has 1 amide bonds. The van der Waals surface area contributed by atoms with E-state index < -0.39 is 16.8 Å². The van der Waals surface area contributed by atoms with Crippen LogP contribution < -0.4 is 10.2 Å². The van der Waals surface area contributed by atoms with E-state index in [4.69, 9.17) is 9.47 Å². The number of carbonyl (C=O) groups is 2. The van der Waals surface area contributed by atoms with Crippen molar-refractivity contribution in [1.82, 2.24) is 5.43 Å². The number of hydrogen-bond donors (Lipinski definition) is 1. The summed E-state index contributed by atoms with van der Waals surface area (Å²) in [5, 5.41) is 14.7. The fourth-order valence-corrected chi connectivity index (χ4v) is 2.20. The summed E-state index contributed by atoms with van der Waals surface area (Å²) in [6, 6.07) is 12.2. The number of hydrogen-bond acceptors (Lipinski definition) is 7. The number of nitrogens with one attached hydrogen (secondary N) is 1. The predicted molar refractivity (Wildman–Crippen MR) is 106 cm³/mol. The van der Waals surface area contributed by atoms with Crippen LogP contribution in [0.4, 0.5) is 5.69 Å². The predicted octanol–water partition coefficient (Wildman–Crippen LogP) is 3.08. The van der Waals surface area contributed by atoms with Crippen LogP contribution in [0.3, 0.4) is 0 Å². The molecule has 0 saturated heterocycles. The van der Waals surface area contributed by atoms with E-state index in [1.807, 2.05) is 6.92 Å². The molecule has 9 heteroatoms. The molecule has 152 valence electrons. The molecule has 2 aromatic rings. The SMILES string of the molecule is CCCOC(=O)c1ccc(OCC(=O)N/N=C(\C)c2cccc([N+](=O)[O-])c2)cc1. The molecule has 0 aliphatic heterocycles. The summed E-state index contributed by atoms with van der Waals surface area (Å²) >= 11 is 0. The highest BCUT2D eigenvalue weighted by atomic mass is 16.6. The van der Waals surface area contributed by atoms with Gasteiger partial charge in [-0.15, -0.1) is 0 Å². The van der Waals surface area contributed by atoms with Gasteiger partial charge < -0.3 is 9.47 Å². The molecule has 0 unspecified atom stereocenters. The van der Waals surface area contributed by atoms with Crippen molar-refractivity contribution in [2.75, 3.05) is 13.2 Å². The number of nitro benzene ring substituents is 1. The molecule has 0 radical (unpaired) electrons. The van der Waals surface area contributed by atoms with Crippen molar-refractivity contribution in [3.05, 3.63) is 69.8 Å². The standard InChI is InChI=1S/C20H21N3O6/c1-3-11-28-20(25)15-7-9-18(10-8-15)29-13-19(24)22-21-14(2)16-5-4-6-17(12-16)23(26)27/h4-10,12H,3,11,13H2,1-2H3,(H,22,24)/b21-14+. The van der Waals surface area contributed by atoms with Crippen molar-refractivity contribution >= 4 is 23.3 Å². The van der Waals surface area contributed by atoms with Gasteiger partial charge in [-0.25, -0.2) is 10.2 Å². The van der Waals surface area contributed by atoms with E-state index in [9.17, 15) is 19.7 Å². The Hall–Kier alpha value is -3.75. The van der Waals surface area contributed by atoms with Crippen LogP contribution >= 0.6 is 0 Å². The largest absolute Gasteiger partial charge is 0.484 e. The van der Waals surface area contributed by atoms with Gasteiger partial charge in [0.25, 0.3) is 11.6 Å². The van der Waals surface area contributed by atoms with Gasteiger partial charge in [0.2, 0.25) is 0 Å². The number of carbonyl (C=O) groups excluding carboxylic acids is 2. The van der Waals surface area contributed by atoms with Crippen LogP contribution in [0.5, 0.6) is 5.75 Å². The number of amides is 1. The molecule has 2 rings (SSSR count). The van der Waals surface area contributed by atoms with E-state index in [1.54, 1.807) is 43.3 Å². The van der Waals surface area contributed by atoms with Crippen molar-refractivity contribution in [2.24, 2.45) is 5.10 Å². The fourth-order valence-electron chi connectivity index (χ4n) is 2.20. The topological polar surface area (TPSA) is 120 Å². The third-order valence-corrected chi connectivity index (χ3v) is 3.72. The van der Waals surface area contributed by atoms with Gasteiger partial charge in [0.15, 0.2) is 6.61 Å². The summed E-state index contributed by atoms with van der Waals surface area (Å²) in [4.78, 5) is 33.9. The van der Waals surface area contributed by atoms with Crippen molar-refractivity contribution < 1.29 is 24.0 Å². The molecule has 2 aromatic carbocycles. The van der Waals surface area contributed by atoms with Crippen LogP contribution in [-0.2, 0) is 9.53 Å². The first kappa shape index (κ1) is 21.5. The summed E-state index contributed by atoms with van der Waals surface area (Å²) < 4.78 is 10.4. The molecule has 0 aliphatic rings. The second kappa shape index (κ2) is 10.5. The van der Waals surface area contributed by atoms with Gasteiger partial charge in [0, 0.05) is 17.7 Å². The maximum atomic E-state index is 11.9. The maximum absolute atomic E-state index is 11.9. The lowest BCUT2D eigenvalue weighted by Gasteiger charge is -2.07. The second-order valence-corrected chi connectivity index (χ2v) is 5.99. The molecule has 0 bridgehead atoms. The van der Waals surface area contributed by atoms with Crippen molar-refractivity contribution in [3.63, 3.8) is 0 Å². The minimum Gasteiger partial charge on any atom is -0.484 e. The number of hydrazone groups is 1. The van der Waals surface area contributed by atoms with E-state index in [0.717, 1.165) is 6.42 Å². The number of rotatable bonds is 9. The average Bonchev–Trinajstić information content (AvgIpc) is 2.74. The molecule has 0 heterocycles. The first-order valence-corrected chi connectivity index (χ1v) is 8.88. The van der Waals surface area contributed by atoms with Crippen LogP contribution in [0, 0.1) is 10.1 Å². The minimum atomic E-state index is -0.502. The number of nitro groups is 1. The Labute approximate surface area is 167 Å². The third kappa shape index (κ3) is 6.73. The second-order valence-electron chi connectivity index (χ2n) is 5.99. The van der Waals surface area contributed by atoms with Crippen molar-refractivity contribution in [3.8, 4) is 5.75 Å². The fraction of sp³-hybridized carbons (Fsp3) is 0.250. The smallest absolute Gasteiger partial charge is 0.338 e. The van der Waals surface area contributed by atoms with E-state index >= 15 is 0 Å². The number of non-ortho nitro benzene ring substituents is 1. The highest BCUT2D eigenvalue weighted by molar-refractivity contribution is 5.99. The molecule has 0 saturated carbocycles. The monoisotopic (exact) mass is 399 g/mol. The normalized spacial score (nSPS) is 10.9. The Morgan fingerprint density at radius 1 is 1.14 bits per heavy atom. The average molecular weight is 399 g/mol. The first-order chi connectivity index (χ1) is 13.9. The molecule has 1 N–H and O–H groups in total. The Balaban J connectivity index is 1.86. The summed E-state index contributed by atoms with van der Waals surface area (Å²) in [7, 11) is 0. The molecule has 29 heavy (non-hydrogen) atoms. The maximum Gasteiger partial charge on any atom is 0.338 e. The summed E-state index contributed by atoms with van der Waals surface area (Å²) in [6.45, 7) is 3.60. The zero-order chi connectivity index (χ0) is 21.2. The van der Waals surface area contributed by atoms with Gasteiger partial charge in [-0.1, -0.05) is 19.1 Å². The minimum absolute atomic E-state index is 0.0614. The van der Waals surface area contributed by atoms with Gasteiger partial charge in [0.05, 0.1) is 22.8 Å². The Morgan fingerprint density at radius 2 is 1.86 bits per heavy atom. The number of ether oxygens (including phenoxy) is 2. The van der Waals surface area contributed by atoms with E-state index in [1.165, 1.54) is 12.1 Å². The highest BCUT2D eigenvalue weighted by Crippen LogP contribution is 2.14. The highest BCUT2D eigenvalue weighted by Gasteiger charge is 2.09. The third-order valence-electron chi connectivity index (χ3n) is 3.72. The van der Waals surface area contributed by atoms with Gasteiger partial charge in [-0.3, -0.25) is 14.9 Å². The molecule has 9 nitrogen and oxygen atoms in total. The Kier molecular flexibility index (Phi) is 7.84. The van der Waals surface area contributed by atoms with Gasteiger partial charge in [-0.2, -0.15) is 5.10 Å². The molecule has 0 aliphatic carbocycles. The van der Waals surface area contributed by atoms with E-state index in [-0.39, 0.29) is 12.3 Å². The van der Waals surface area contributed by atoms with Gasteiger partial charge in [-0.05, 0) is 37.6 Å². The lowest BCUT2D eigenvalue weighted by Crippen LogP contribution is -2.25. The van der Waals surface area contributed by atoms with Crippen LogP contribution in [-0.4, -0.2) is 35.7 Å². The lowest BCUT2D eigenvalue weighted by molar-refractivity contribution is -0.384. The number of nitrogens with zero attached hydrogens (tertiary/aromatic N) is 2. The zero-order valence-electron chi connectivity index (χ0n) is 16.1. The van der Waals surface area contributed by atoms with Crippen molar-refractivity contribution in [2.45, 2.75) is 20.3 Å². The molecular formula is C20H21N3O6. The molecular weight excluding hydrogens is 378 g/mol. The van der Waals surface area contributed by atoms with Crippen LogP contribution in [0.2, 0.25) is 0 Å². The van der Waals surface area contributed by atoms with E-state index in [0.29, 0.717) is 29.2 Å². The number of esters is 1. The van der Waals surface area contributed by atoms with Crippen LogP contribution in [0.25, 0.3) is 0 Å². The quantitative estimate of drug-likeness (QED) is 0.299. The lowest BCUT2D eigenvalue weighted by atomic mass is 10.1. The molecule has 0 spiro atoms. The van der Waals surface area contributed by atoms with Crippen LogP contribution in [0.15, 0.2) is 53.6 Å². The Morgan fingerprint density at radius 3 is 2.52 bits per heavy atom. The van der Waals surface area contributed by atoms with Gasteiger partial charge in [0.1, 0.15) is 5.75 Å². The molecule has 0 aromatic heterocycles. The summed E-state index contributed by atoms with van der Waals surface area (Å²) in [5.41, 5.74) is 3.60.